The van der Waals surface area contributed by atoms with Gasteiger partial charge in [0, 0.05) is 10.5 Å². The van der Waals surface area contributed by atoms with Crippen molar-refractivity contribution in [2.75, 3.05) is 0 Å². The molecule has 0 N–H and O–H groups in total. The summed E-state index contributed by atoms with van der Waals surface area (Å²) in [6.45, 7) is 0. The van der Waals surface area contributed by atoms with Gasteiger partial charge in [-0.05, 0) is 35.9 Å². The molecule has 0 fully saturated rings. The maximum absolute atomic E-state index is 12.8. The van der Waals surface area contributed by atoms with Gasteiger partial charge >= 0.3 is 0 Å². The summed E-state index contributed by atoms with van der Waals surface area (Å²) >= 11 is 3.43. The predicted octanol–water partition coefficient (Wildman–Crippen LogP) is 4.13. The van der Waals surface area contributed by atoms with Crippen LogP contribution in [0.4, 0.5) is 4.39 Å². The Morgan fingerprint density at radius 3 is 2.82 bits per heavy atom. The summed E-state index contributed by atoms with van der Waals surface area (Å²) < 4.78 is 19.3. The van der Waals surface area contributed by atoms with Crippen molar-refractivity contribution in [3.8, 4) is 0 Å². The molecule has 0 aliphatic rings. The van der Waals surface area contributed by atoms with Crippen molar-refractivity contribution in [1.29, 1.82) is 0 Å². The van der Waals surface area contributed by atoms with Crippen LogP contribution >= 0.6 is 15.9 Å². The lowest BCUT2D eigenvalue weighted by Crippen LogP contribution is -1.87. The number of hydrogen-bond donors (Lipinski definition) is 0. The average molecular weight is 360 g/mol. The van der Waals surface area contributed by atoms with E-state index < -0.39 is 0 Å². The van der Waals surface area contributed by atoms with Gasteiger partial charge in [-0.25, -0.2) is 4.39 Å². The third-order valence-electron chi connectivity index (χ3n) is 2.87. The third kappa shape index (κ3) is 3.85. The fourth-order valence-electron chi connectivity index (χ4n) is 1.87. The van der Waals surface area contributed by atoms with Crippen molar-refractivity contribution < 1.29 is 8.81 Å². The Morgan fingerprint density at radius 2 is 2.05 bits per heavy atom. The Morgan fingerprint density at radius 1 is 1.14 bits per heavy atom. The normalized spacial score (nSPS) is 11.2. The molecule has 1 aromatic carbocycles. The Balaban J connectivity index is 1.69. The van der Waals surface area contributed by atoms with Crippen LogP contribution < -0.4 is 0 Å². The topological polar surface area (TPSA) is 51.8 Å². The van der Waals surface area contributed by atoms with Crippen molar-refractivity contribution in [1.82, 2.24) is 15.2 Å². The maximum Gasteiger partial charge on any atom is 0.240 e. The van der Waals surface area contributed by atoms with Gasteiger partial charge < -0.3 is 4.42 Å². The number of benzene rings is 1. The summed E-state index contributed by atoms with van der Waals surface area (Å²) in [5, 5.41) is 7.95. The number of aromatic nitrogens is 3. The van der Waals surface area contributed by atoms with Crippen LogP contribution in [0.2, 0.25) is 0 Å². The zero-order chi connectivity index (χ0) is 15.4. The highest BCUT2D eigenvalue weighted by molar-refractivity contribution is 9.10. The Labute approximate surface area is 134 Å². The van der Waals surface area contributed by atoms with Crippen molar-refractivity contribution in [2.45, 2.75) is 6.42 Å². The van der Waals surface area contributed by atoms with Crippen LogP contribution in [-0.4, -0.2) is 15.2 Å². The predicted molar refractivity (Wildman–Crippen MR) is 84.4 cm³/mol. The van der Waals surface area contributed by atoms with Crippen LogP contribution in [0, 0.1) is 5.82 Å². The minimum Gasteiger partial charge on any atom is -0.421 e. The second-order valence-electron chi connectivity index (χ2n) is 4.58. The van der Waals surface area contributed by atoms with E-state index in [2.05, 4.69) is 31.1 Å². The van der Waals surface area contributed by atoms with Crippen molar-refractivity contribution in [3.63, 3.8) is 0 Å². The molecule has 110 valence electrons. The van der Waals surface area contributed by atoms with E-state index in [1.807, 2.05) is 24.3 Å². The molecule has 6 heteroatoms. The summed E-state index contributed by atoms with van der Waals surface area (Å²) in [7, 11) is 0. The average Bonchev–Trinajstić information content (AvgIpc) is 2.94. The fourth-order valence-corrected chi connectivity index (χ4v) is 2.32. The molecule has 3 aromatic rings. The van der Waals surface area contributed by atoms with E-state index >= 15 is 0 Å². The molecule has 0 bridgehead atoms. The maximum atomic E-state index is 12.8. The summed E-state index contributed by atoms with van der Waals surface area (Å²) in [4.78, 5) is 3.92. The lowest BCUT2D eigenvalue weighted by Gasteiger charge is -1.97. The van der Waals surface area contributed by atoms with Crippen molar-refractivity contribution >= 4 is 28.1 Å². The number of halogens is 2. The first-order chi connectivity index (χ1) is 10.7. The van der Waals surface area contributed by atoms with E-state index in [0.717, 1.165) is 16.2 Å². The van der Waals surface area contributed by atoms with E-state index in [4.69, 9.17) is 4.42 Å². The standard InChI is InChI=1S/C16H11BrFN3O/c17-12-3-1-2-11(8-12)9-16-21-20-15(22-16)7-6-14-5-4-13(18)10-19-14/h1-8,10H,9H2. The van der Waals surface area contributed by atoms with Gasteiger partial charge in [0.25, 0.3) is 0 Å². The smallest absolute Gasteiger partial charge is 0.240 e. The van der Waals surface area contributed by atoms with Crippen LogP contribution in [0.5, 0.6) is 0 Å². The van der Waals surface area contributed by atoms with Crippen LogP contribution in [0.15, 0.2) is 51.5 Å². The molecular weight excluding hydrogens is 349 g/mol. The highest BCUT2D eigenvalue weighted by Gasteiger charge is 2.05. The van der Waals surface area contributed by atoms with Crippen LogP contribution in [-0.2, 0) is 6.42 Å². The molecule has 0 unspecified atom stereocenters. The SMILES string of the molecule is Fc1ccc(C=Cc2nnc(Cc3cccc(Br)c3)o2)nc1. The molecule has 0 aliphatic carbocycles. The fraction of sp³-hybridized carbons (Fsp3) is 0.0625. The van der Waals surface area contributed by atoms with Crippen LogP contribution in [0.25, 0.3) is 12.2 Å². The molecule has 0 saturated heterocycles. The second-order valence-corrected chi connectivity index (χ2v) is 5.49. The highest BCUT2D eigenvalue weighted by Crippen LogP contribution is 2.15. The number of hydrogen-bond acceptors (Lipinski definition) is 4. The first kappa shape index (κ1) is 14.6. The first-order valence-corrected chi connectivity index (χ1v) is 7.35. The molecule has 4 nitrogen and oxygen atoms in total. The van der Waals surface area contributed by atoms with E-state index in [9.17, 15) is 4.39 Å². The molecule has 22 heavy (non-hydrogen) atoms. The summed E-state index contributed by atoms with van der Waals surface area (Å²) in [6.07, 6.45) is 5.06. The summed E-state index contributed by atoms with van der Waals surface area (Å²) in [6, 6.07) is 10.8. The highest BCUT2D eigenvalue weighted by atomic mass is 79.9. The van der Waals surface area contributed by atoms with E-state index in [-0.39, 0.29) is 5.82 Å². The molecular formula is C16H11BrFN3O. The second kappa shape index (κ2) is 6.62. The van der Waals surface area contributed by atoms with E-state index in [1.165, 1.54) is 6.07 Å². The van der Waals surface area contributed by atoms with Crippen LogP contribution in [0.3, 0.4) is 0 Å². The lowest BCUT2D eigenvalue weighted by molar-refractivity contribution is 0.496. The largest absolute Gasteiger partial charge is 0.421 e. The minimum atomic E-state index is -0.369. The number of pyridine rings is 1. The van der Waals surface area contributed by atoms with Crippen molar-refractivity contribution in [2.24, 2.45) is 0 Å². The van der Waals surface area contributed by atoms with Crippen molar-refractivity contribution in [3.05, 3.63) is 75.9 Å². The first-order valence-electron chi connectivity index (χ1n) is 6.55. The zero-order valence-electron chi connectivity index (χ0n) is 11.4. The Bertz CT molecular complexity index is 799. The van der Waals surface area contributed by atoms with Gasteiger partial charge in [0.2, 0.25) is 11.8 Å². The number of rotatable bonds is 4. The third-order valence-corrected chi connectivity index (χ3v) is 3.37. The molecule has 0 aliphatic heterocycles. The van der Waals surface area contributed by atoms with Gasteiger partial charge in [-0.15, -0.1) is 10.2 Å². The zero-order valence-corrected chi connectivity index (χ0v) is 13.0. The van der Waals surface area contributed by atoms with E-state index in [1.54, 1.807) is 18.2 Å². The Hall–Kier alpha value is -2.34. The van der Waals surface area contributed by atoms with Gasteiger partial charge in [-0.2, -0.15) is 0 Å². The molecule has 0 radical (unpaired) electrons. The molecule has 0 saturated carbocycles. The minimum absolute atomic E-state index is 0.369. The molecule has 2 aromatic heterocycles. The molecule has 0 spiro atoms. The Kier molecular flexibility index (Phi) is 4.39. The van der Waals surface area contributed by atoms with E-state index in [0.29, 0.717) is 23.9 Å². The quantitative estimate of drug-likeness (QED) is 0.702. The van der Waals surface area contributed by atoms with Gasteiger partial charge in [0.15, 0.2) is 0 Å². The molecule has 0 atom stereocenters. The molecule has 0 amide bonds. The summed E-state index contributed by atoms with van der Waals surface area (Å²) in [5.41, 5.74) is 1.70. The van der Waals surface area contributed by atoms with Crippen LogP contribution in [0.1, 0.15) is 23.0 Å². The summed E-state index contributed by atoms with van der Waals surface area (Å²) in [5.74, 6) is 0.548. The monoisotopic (exact) mass is 359 g/mol. The number of nitrogens with zero attached hydrogens (tertiary/aromatic N) is 3. The van der Waals surface area contributed by atoms with Gasteiger partial charge in [0.1, 0.15) is 5.82 Å². The lowest BCUT2D eigenvalue weighted by atomic mass is 10.1. The van der Waals surface area contributed by atoms with Gasteiger partial charge in [0.05, 0.1) is 18.3 Å². The molecule has 3 rings (SSSR count). The van der Waals surface area contributed by atoms with Gasteiger partial charge in [-0.1, -0.05) is 28.1 Å². The van der Waals surface area contributed by atoms with Gasteiger partial charge in [-0.3, -0.25) is 4.98 Å². The molecule has 2 heterocycles.